The molecule has 2 amide bonds. The lowest BCUT2D eigenvalue weighted by Crippen LogP contribution is -2.28. The van der Waals surface area contributed by atoms with Gasteiger partial charge in [0.2, 0.25) is 0 Å². The first-order valence-corrected chi connectivity index (χ1v) is 7.76. The van der Waals surface area contributed by atoms with Gasteiger partial charge in [0.05, 0.1) is 11.4 Å². The van der Waals surface area contributed by atoms with Crippen molar-refractivity contribution in [2.75, 3.05) is 5.32 Å². The predicted octanol–water partition coefficient (Wildman–Crippen LogP) is 4.28. The minimum atomic E-state index is -0.265. The van der Waals surface area contributed by atoms with E-state index < -0.39 is 0 Å². The summed E-state index contributed by atoms with van der Waals surface area (Å²) in [7, 11) is 0. The van der Waals surface area contributed by atoms with Crippen LogP contribution in [0.5, 0.6) is 0 Å². The van der Waals surface area contributed by atoms with Crippen LogP contribution >= 0.6 is 0 Å². The highest BCUT2D eigenvalue weighted by Crippen LogP contribution is 2.27. The Bertz CT molecular complexity index is 821. The average Bonchev–Trinajstić information content (AvgIpc) is 2.92. The number of rotatable bonds is 4. The summed E-state index contributed by atoms with van der Waals surface area (Å²) in [6.07, 6.45) is 0. The van der Waals surface area contributed by atoms with E-state index in [0.29, 0.717) is 6.54 Å². The van der Waals surface area contributed by atoms with Gasteiger partial charge in [-0.05, 0) is 25.5 Å². The van der Waals surface area contributed by atoms with Crippen LogP contribution in [0.1, 0.15) is 17.0 Å². The summed E-state index contributed by atoms with van der Waals surface area (Å²) in [4.78, 5) is 12.2. The molecule has 122 valence electrons. The lowest BCUT2D eigenvalue weighted by atomic mass is 10.0. The Kier molecular flexibility index (Phi) is 4.61. The fourth-order valence-corrected chi connectivity index (χ4v) is 2.55. The first-order chi connectivity index (χ1) is 11.6. The molecule has 0 saturated heterocycles. The van der Waals surface area contributed by atoms with E-state index in [1.807, 2.05) is 68.4 Å². The third kappa shape index (κ3) is 3.46. The van der Waals surface area contributed by atoms with Gasteiger partial charge in [0, 0.05) is 17.7 Å². The summed E-state index contributed by atoms with van der Waals surface area (Å²) < 4.78 is 5.10. The van der Waals surface area contributed by atoms with E-state index >= 15 is 0 Å². The lowest BCUT2D eigenvalue weighted by molar-refractivity contribution is 0.251. The molecule has 0 bridgehead atoms. The minimum absolute atomic E-state index is 0.265. The third-order valence-electron chi connectivity index (χ3n) is 3.87. The first kappa shape index (κ1) is 15.8. The van der Waals surface area contributed by atoms with Crippen molar-refractivity contribution in [3.8, 4) is 11.1 Å². The minimum Gasteiger partial charge on any atom is -0.361 e. The van der Waals surface area contributed by atoms with E-state index in [1.165, 1.54) is 0 Å². The van der Waals surface area contributed by atoms with Gasteiger partial charge in [0.1, 0.15) is 5.76 Å². The highest BCUT2D eigenvalue weighted by molar-refractivity contribution is 5.94. The quantitative estimate of drug-likeness (QED) is 0.753. The van der Waals surface area contributed by atoms with Gasteiger partial charge in [-0.2, -0.15) is 0 Å². The molecular weight excluding hydrogens is 302 g/mol. The second kappa shape index (κ2) is 7.00. The summed E-state index contributed by atoms with van der Waals surface area (Å²) in [6.45, 7) is 4.07. The van der Waals surface area contributed by atoms with Crippen molar-refractivity contribution in [3.63, 3.8) is 0 Å². The Balaban J connectivity index is 1.71. The van der Waals surface area contributed by atoms with Crippen molar-refractivity contribution >= 4 is 11.7 Å². The van der Waals surface area contributed by atoms with Crippen LogP contribution in [0.25, 0.3) is 11.1 Å². The molecule has 0 aliphatic heterocycles. The van der Waals surface area contributed by atoms with E-state index in [1.54, 1.807) is 0 Å². The van der Waals surface area contributed by atoms with E-state index in [2.05, 4.69) is 15.8 Å². The van der Waals surface area contributed by atoms with Gasteiger partial charge in [-0.15, -0.1) is 0 Å². The van der Waals surface area contributed by atoms with Crippen LogP contribution in [0.4, 0.5) is 10.5 Å². The Morgan fingerprint density at radius 3 is 2.46 bits per heavy atom. The van der Waals surface area contributed by atoms with Crippen molar-refractivity contribution in [1.82, 2.24) is 10.5 Å². The second-order valence-corrected chi connectivity index (χ2v) is 5.52. The molecule has 2 N–H and O–H groups in total. The molecular formula is C19H19N3O2. The maximum absolute atomic E-state index is 12.2. The number of nitrogens with zero attached hydrogens (tertiary/aromatic N) is 1. The molecule has 0 fully saturated rings. The normalized spacial score (nSPS) is 10.4. The average molecular weight is 321 g/mol. The number of para-hydroxylation sites is 1. The van der Waals surface area contributed by atoms with Gasteiger partial charge >= 0.3 is 6.03 Å². The van der Waals surface area contributed by atoms with Gasteiger partial charge in [0.15, 0.2) is 0 Å². The standard InChI is InChI=1S/C19H19N3O2/c1-13-17(14(2)24-22-13)12-20-19(23)21-18-11-7-6-10-16(18)15-8-4-3-5-9-15/h3-11H,12H2,1-2H3,(H2,20,21,23). The van der Waals surface area contributed by atoms with Crippen molar-refractivity contribution in [2.45, 2.75) is 20.4 Å². The molecule has 5 heteroatoms. The SMILES string of the molecule is Cc1noc(C)c1CNC(=O)Nc1ccccc1-c1ccccc1. The lowest BCUT2D eigenvalue weighted by Gasteiger charge is -2.12. The number of benzene rings is 2. The molecule has 0 spiro atoms. The van der Waals surface area contributed by atoms with Gasteiger partial charge in [-0.1, -0.05) is 53.7 Å². The molecule has 2 aromatic carbocycles. The summed E-state index contributed by atoms with van der Waals surface area (Å²) >= 11 is 0. The van der Waals surface area contributed by atoms with Crippen LogP contribution in [-0.4, -0.2) is 11.2 Å². The van der Waals surface area contributed by atoms with Crippen molar-refractivity contribution in [1.29, 1.82) is 0 Å². The summed E-state index contributed by atoms with van der Waals surface area (Å²) in [5, 5.41) is 9.64. The Labute approximate surface area is 140 Å². The Morgan fingerprint density at radius 2 is 1.75 bits per heavy atom. The van der Waals surface area contributed by atoms with E-state index in [9.17, 15) is 4.79 Å². The highest BCUT2D eigenvalue weighted by Gasteiger charge is 2.11. The number of aromatic nitrogens is 1. The zero-order chi connectivity index (χ0) is 16.9. The van der Waals surface area contributed by atoms with Gasteiger partial charge < -0.3 is 15.2 Å². The fraction of sp³-hybridized carbons (Fsp3) is 0.158. The zero-order valence-corrected chi connectivity index (χ0v) is 13.7. The number of carbonyl (C=O) groups excluding carboxylic acids is 1. The summed E-state index contributed by atoms with van der Waals surface area (Å²) in [6, 6.07) is 17.4. The molecule has 3 rings (SSSR count). The molecule has 0 aliphatic carbocycles. The van der Waals surface area contributed by atoms with Gasteiger partial charge in [-0.3, -0.25) is 0 Å². The number of aryl methyl sites for hydroxylation is 2. The molecule has 3 aromatic rings. The maximum Gasteiger partial charge on any atom is 0.319 e. The van der Waals surface area contributed by atoms with Crippen LogP contribution in [0, 0.1) is 13.8 Å². The van der Waals surface area contributed by atoms with Crippen molar-refractivity contribution in [2.24, 2.45) is 0 Å². The van der Waals surface area contributed by atoms with E-state index in [0.717, 1.165) is 33.8 Å². The Morgan fingerprint density at radius 1 is 1.04 bits per heavy atom. The topological polar surface area (TPSA) is 67.2 Å². The molecule has 0 atom stereocenters. The van der Waals surface area contributed by atoms with Crippen LogP contribution in [0.3, 0.4) is 0 Å². The van der Waals surface area contributed by atoms with Crippen molar-refractivity contribution < 1.29 is 9.32 Å². The van der Waals surface area contributed by atoms with Crippen LogP contribution in [-0.2, 0) is 6.54 Å². The zero-order valence-electron chi connectivity index (χ0n) is 13.7. The number of anilines is 1. The van der Waals surface area contributed by atoms with Gasteiger partial charge in [-0.25, -0.2) is 4.79 Å². The molecule has 0 unspecified atom stereocenters. The first-order valence-electron chi connectivity index (χ1n) is 7.76. The fourth-order valence-electron chi connectivity index (χ4n) is 2.55. The number of carbonyl (C=O) groups is 1. The third-order valence-corrected chi connectivity index (χ3v) is 3.87. The smallest absolute Gasteiger partial charge is 0.319 e. The number of hydrogen-bond acceptors (Lipinski definition) is 3. The molecule has 1 aromatic heterocycles. The summed E-state index contributed by atoms with van der Waals surface area (Å²) in [5.41, 5.74) is 4.49. The molecule has 0 saturated carbocycles. The largest absolute Gasteiger partial charge is 0.361 e. The van der Waals surface area contributed by atoms with E-state index in [-0.39, 0.29) is 6.03 Å². The number of urea groups is 1. The molecule has 24 heavy (non-hydrogen) atoms. The number of hydrogen-bond donors (Lipinski definition) is 2. The molecule has 1 heterocycles. The van der Waals surface area contributed by atoms with Crippen LogP contribution in [0.2, 0.25) is 0 Å². The molecule has 5 nitrogen and oxygen atoms in total. The molecule has 0 aliphatic rings. The Hall–Kier alpha value is -3.08. The second-order valence-electron chi connectivity index (χ2n) is 5.52. The van der Waals surface area contributed by atoms with Crippen LogP contribution in [0.15, 0.2) is 59.1 Å². The molecule has 0 radical (unpaired) electrons. The number of amides is 2. The summed E-state index contributed by atoms with van der Waals surface area (Å²) in [5.74, 6) is 0.720. The monoisotopic (exact) mass is 321 g/mol. The van der Waals surface area contributed by atoms with Crippen molar-refractivity contribution in [3.05, 3.63) is 71.6 Å². The van der Waals surface area contributed by atoms with Gasteiger partial charge in [0.25, 0.3) is 0 Å². The van der Waals surface area contributed by atoms with E-state index in [4.69, 9.17) is 4.52 Å². The predicted molar refractivity (Wildman–Crippen MR) is 93.7 cm³/mol. The maximum atomic E-state index is 12.2. The number of nitrogens with one attached hydrogen (secondary N) is 2. The highest BCUT2D eigenvalue weighted by atomic mass is 16.5. The van der Waals surface area contributed by atoms with Crippen LogP contribution < -0.4 is 10.6 Å².